The van der Waals surface area contributed by atoms with Crippen LogP contribution < -0.4 is 0 Å². The molecule has 0 aromatic rings. The molecule has 0 radical (unpaired) electrons. The van der Waals surface area contributed by atoms with Gasteiger partial charge in [0.25, 0.3) is 0 Å². The van der Waals surface area contributed by atoms with Gasteiger partial charge in [0.2, 0.25) is 5.92 Å². The van der Waals surface area contributed by atoms with Gasteiger partial charge in [0.05, 0.1) is 0 Å². The number of hydrogen-bond acceptors (Lipinski definition) is 1. The van der Waals surface area contributed by atoms with E-state index in [4.69, 9.17) is 4.74 Å². The third-order valence-corrected chi connectivity index (χ3v) is 1.80. The Balaban J connectivity index is 3.00. The van der Waals surface area contributed by atoms with E-state index in [0.717, 1.165) is 26.2 Å². The highest BCUT2D eigenvalue weighted by Gasteiger charge is 2.19. The van der Waals surface area contributed by atoms with Gasteiger partial charge in [-0.2, -0.15) is 0 Å². The molecule has 0 fully saturated rings. The highest BCUT2D eigenvalue weighted by Crippen LogP contribution is 2.18. The molecule has 0 amide bonds. The van der Waals surface area contributed by atoms with Crippen LogP contribution in [0, 0.1) is 0 Å². The molecule has 1 nitrogen and oxygen atoms in total. The van der Waals surface area contributed by atoms with Crippen LogP contribution in [0.25, 0.3) is 0 Å². The van der Waals surface area contributed by atoms with Crippen LogP contribution in [0.15, 0.2) is 0 Å². The highest BCUT2D eigenvalue weighted by molar-refractivity contribution is 4.56. The third kappa shape index (κ3) is 11.8. The third-order valence-electron chi connectivity index (χ3n) is 1.80. The van der Waals surface area contributed by atoms with E-state index in [1.54, 1.807) is 0 Å². The average molecular weight is 194 g/mol. The zero-order chi connectivity index (χ0) is 10.2. The Kier molecular flexibility index (Phi) is 7.14. The number of ether oxygens (including phenoxy) is 1. The van der Waals surface area contributed by atoms with Gasteiger partial charge in [-0.25, -0.2) is 8.78 Å². The summed E-state index contributed by atoms with van der Waals surface area (Å²) in [6, 6.07) is 0. The zero-order valence-corrected chi connectivity index (χ0v) is 8.61. The summed E-state index contributed by atoms with van der Waals surface area (Å²) in [5.74, 6) is -2.53. The van der Waals surface area contributed by atoms with Gasteiger partial charge < -0.3 is 4.74 Å². The maximum atomic E-state index is 12.3. The van der Waals surface area contributed by atoms with Crippen LogP contribution in [0.1, 0.15) is 46.0 Å². The first-order chi connectivity index (χ1) is 6.06. The molecule has 0 spiro atoms. The highest BCUT2D eigenvalue weighted by atomic mass is 19.3. The molecule has 0 heterocycles. The van der Waals surface area contributed by atoms with E-state index in [9.17, 15) is 8.78 Å². The minimum Gasteiger partial charge on any atom is -0.381 e. The van der Waals surface area contributed by atoms with Crippen molar-refractivity contribution in [3.8, 4) is 0 Å². The summed E-state index contributed by atoms with van der Waals surface area (Å²) < 4.78 is 29.8. The van der Waals surface area contributed by atoms with Crippen LogP contribution in [0.5, 0.6) is 0 Å². The lowest BCUT2D eigenvalue weighted by molar-refractivity contribution is 0.00165. The lowest BCUT2D eigenvalue weighted by atomic mass is 10.2. The topological polar surface area (TPSA) is 9.23 Å². The molecular formula is C10H20F2O. The Morgan fingerprint density at radius 3 is 2.23 bits per heavy atom. The first-order valence-electron chi connectivity index (χ1n) is 5.02. The Morgan fingerprint density at radius 1 is 1.08 bits per heavy atom. The molecule has 0 aliphatic rings. The lowest BCUT2D eigenvalue weighted by Crippen LogP contribution is -2.10. The predicted molar refractivity (Wildman–Crippen MR) is 50.2 cm³/mol. The number of halogens is 2. The minimum absolute atomic E-state index is 0.0687. The van der Waals surface area contributed by atoms with Crippen LogP contribution >= 0.6 is 0 Å². The molecule has 0 rings (SSSR count). The van der Waals surface area contributed by atoms with Gasteiger partial charge in [0.15, 0.2) is 0 Å². The largest absolute Gasteiger partial charge is 0.381 e. The van der Waals surface area contributed by atoms with Crippen LogP contribution in [0.3, 0.4) is 0 Å². The second-order valence-corrected chi connectivity index (χ2v) is 3.49. The molecule has 0 saturated heterocycles. The molecule has 80 valence electrons. The molecule has 0 N–H and O–H groups in total. The van der Waals surface area contributed by atoms with Crippen molar-refractivity contribution >= 4 is 0 Å². The maximum Gasteiger partial charge on any atom is 0.245 e. The molecule has 0 bridgehead atoms. The van der Waals surface area contributed by atoms with Crippen molar-refractivity contribution < 1.29 is 13.5 Å². The van der Waals surface area contributed by atoms with Crippen molar-refractivity contribution in [1.82, 2.24) is 0 Å². The zero-order valence-electron chi connectivity index (χ0n) is 8.61. The van der Waals surface area contributed by atoms with Crippen LogP contribution in [-0.2, 0) is 4.74 Å². The van der Waals surface area contributed by atoms with E-state index in [2.05, 4.69) is 6.92 Å². The number of rotatable bonds is 8. The summed E-state index contributed by atoms with van der Waals surface area (Å²) in [4.78, 5) is 0. The fourth-order valence-corrected chi connectivity index (χ4v) is 1.04. The summed E-state index contributed by atoms with van der Waals surface area (Å²) in [5, 5.41) is 0. The molecule has 0 atom stereocenters. The molecule has 0 aromatic heterocycles. The lowest BCUT2D eigenvalue weighted by Gasteiger charge is -2.09. The summed E-state index contributed by atoms with van der Waals surface area (Å²) in [7, 11) is 0. The molecule has 13 heavy (non-hydrogen) atoms. The maximum absolute atomic E-state index is 12.3. The summed E-state index contributed by atoms with van der Waals surface area (Å²) in [6.45, 7) is 4.25. The Bertz CT molecular complexity index is 110. The van der Waals surface area contributed by atoms with Gasteiger partial charge in [0.1, 0.15) is 0 Å². The Labute approximate surface area is 79.5 Å². The average Bonchev–Trinajstić information content (AvgIpc) is 2.01. The second kappa shape index (κ2) is 7.25. The van der Waals surface area contributed by atoms with Gasteiger partial charge in [-0.15, -0.1) is 0 Å². The van der Waals surface area contributed by atoms with E-state index < -0.39 is 5.92 Å². The summed E-state index contributed by atoms with van der Waals surface area (Å²) in [5.41, 5.74) is 0. The van der Waals surface area contributed by atoms with E-state index in [-0.39, 0.29) is 6.42 Å². The van der Waals surface area contributed by atoms with Gasteiger partial charge in [-0.3, -0.25) is 0 Å². The normalized spacial score (nSPS) is 12.0. The van der Waals surface area contributed by atoms with E-state index in [1.165, 1.54) is 0 Å². The van der Waals surface area contributed by atoms with Gasteiger partial charge in [0, 0.05) is 19.6 Å². The van der Waals surface area contributed by atoms with Crippen LogP contribution in [-0.4, -0.2) is 19.1 Å². The molecule has 0 aliphatic carbocycles. The number of hydrogen-bond donors (Lipinski definition) is 0. The van der Waals surface area contributed by atoms with Gasteiger partial charge in [-0.05, 0) is 19.8 Å². The first kappa shape index (κ1) is 12.8. The van der Waals surface area contributed by atoms with Crippen molar-refractivity contribution in [3.05, 3.63) is 0 Å². The number of unbranched alkanes of at least 4 members (excludes halogenated alkanes) is 2. The standard InChI is InChI=1S/C10H20F2O/c1-3-4-5-8-13-9-6-7-10(2,11)12/h3-9H2,1-2H3. The molecule has 0 aromatic carbocycles. The van der Waals surface area contributed by atoms with Crippen molar-refractivity contribution in [2.45, 2.75) is 51.9 Å². The quantitative estimate of drug-likeness (QED) is 0.536. The van der Waals surface area contributed by atoms with E-state index in [1.807, 2.05) is 0 Å². The molecule has 0 unspecified atom stereocenters. The molecule has 3 heteroatoms. The van der Waals surface area contributed by atoms with Crippen molar-refractivity contribution in [1.29, 1.82) is 0 Å². The Morgan fingerprint density at radius 2 is 1.69 bits per heavy atom. The first-order valence-corrected chi connectivity index (χ1v) is 5.02. The summed E-state index contributed by atoms with van der Waals surface area (Å²) >= 11 is 0. The molecule has 0 aliphatic heterocycles. The Hall–Kier alpha value is -0.180. The monoisotopic (exact) mass is 194 g/mol. The SMILES string of the molecule is CCCCCOCCCC(C)(F)F. The van der Waals surface area contributed by atoms with Crippen LogP contribution in [0.4, 0.5) is 8.78 Å². The number of alkyl halides is 2. The summed E-state index contributed by atoms with van der Waals surface area (Å²) in [6.07, 6.45) is 3.75. The van der Waals surface area contributed by atoms with E-state index >= 15 is 0 Å². The van der Waals surface area contributed by atoms with Crippen molar-refractivity contribution in [2.75, 3.05) is 13.2 Å². The minimum atomic E-state index is -2.53. The second-order valence-electron chi connectivity index (χ2n) is 3.49. The van der Waals surface area contributed by atoms with Gasteiger partial charge in [-0.1, -0.05) is 19.8 Å². The van der Waals surface area contributed by atoms with Crippen LogP contribution in [0.2, 0.25) is 0 Å². The van der Waals surface area contributed by atoms with E-state index in [0.29, 0.717) is 19.6 Å². The van der Waals surface area contributed by atoms with Crippen molar-refractivity contribution in [3.63, 3.8) is 0 Å². The van der Waals surface area contributed by atoms with Crippen molar-refractivity contribution in [2.24, 2.45) is 0 Å². The molecule has 0 saturated carbocycles. The molecular weight excluding hydrogens is 174 g/mol. The smallest absolute Gasteiger partial charge is 0.245 e. The van der Waals surface area contributed by atoms with Gasteiger partial charge >= 0.3 is 0 Å². The fourth-order valence-electron chi connectivity index (χ4n) is 1.04. The fraction of sp³-hybridized carbons (Fsp3) is 1.00. The predicted octanol–water partition coefficient (Wildman–Crippen LogP) is 3.63.